The van der Waals surface area contributed by atoms with Gasteiger partial charge in [-0.1, -0.05) is 55.8 Å². The van der Waals surface area contributed by atoms with Gasteiger partial charge in [0.2, 0.25) is 11.8 Å². The molecule has 1 heterocycles. The number of carbonyl (C=O) groups excluding carboxylic acids is 3. The second kappa shape index (κ2) is 11.8. The fourth-order valence-electron chi connectivity index (χ4n) is 3.96. The van der Waals surface area contributed by atoms with Crippen LogP contribution in [0.5, 0.6) is 0 Å². The molecule has 3 amide bonds. The van der Waals surface area contributed by atoms with Gasteiger partial charge in [0.1, 0.15) is 6.04 Å². The van der Waals surface area contributed by atoms with Crippen LogP contribution in [0.2, 0.25) is 5.02 Å². The summed E-state index contributed by atoms with van der Waals surface area (Å²) in [5, 5.41) is 3.42. The van der Waals surface area contributed by atoms with Crippen molar-refractivity contribution in [3.63, 3.8) is 0 Å². The molecule has 2 aromatic rings. The summed E-state index contributed by atoms with van der Waals surface area (Å²) in [6, 6.07) is 16.1. The highest BCUT2D eigenvalue weighted by atomic mass is 35.5. The van der Waals surface area contributed by atoms with E-state index in [1.807, 2.05) is 36.9 Å². The van der Waals surface area contributed by atoms with Gasteiger partial charge in [-0.2, -0.15) is 0 Å². The van der Waals surface area contributed by atoms with E-state index in [9.17, 15) is 14.4 Å². The summed E-state index contributed by atoms with van der Waals surface area (Å²) in [6.07, 6.45) is 2.21. The van der Waals surface area contributed by atoms with Crippen LogP contribution in [0.4, 0.5) is 0 Å². The highest BCUT2D eigenvalue weighted by Crippen LogP contribution is 2.14. The third kappa shape index (κ3) is 7.06. The van der Waals surface area contributed by atoms with Gasteiger partial charge in [0.05, 0.1) is 0 Å². The Morgan fingerprint density at radius 2 is 1.52 bits per heavy atom. The molecule has 1 fully saturated rings. The standard InChI is InChI=1S/C26H32ClN3O3/c1-19(2)24(28-25(32)21-11-13-22(27)14-12-21)26(33)30-17-15-29(16-18-30)23(31)10-6-9-20-7-4-3-5-8-20/h3-5,7-8,11-14,19,24H,6,9-10,15-18H2,1-2H3,(H,28,32). The van der Waals surface area contributed by atoms with E-state index in [-0.39, 0.29) is 23.6 Å². The first-order valence-electron chi connectivity index (χ1n) is 11.5. The molecule has 1 aliphatic rings. The van der Waals surface area contributed by atoms with Crippen molar-refractivity contribution in [1.29, 1.82) is 0 Å². The molecule has 33 heavy (non-hydrogen) atoms. The molecule has 0 aromatic heterocycles. The van der Waals surface area contributed by atoms with Crippen LogP contribution in [0.15, 0.2) is 54.6 Å². The fourth-order valence-corrected chi connectivity index (χ4v) is 4.08. The van der Waals surface area contributed by atoms with Gasteiger partial charge in [0, 0.05) is 43.2 Å². The first-order valence-corrected chi connectivity index (χ1v) is 11.9. The van der Waals surface area contributed by atoms with Crippen LogP contribution < -0.4 is 5.32 Å². The molecule has 6 nitrogen and oxygen atoms in total. The number of piperazine rings is 1. The number of hydrogen-bond acceptors (Lipinski definition) is 3. The Balaban J connectivity index is 1.48. The van der Waals surface area contributed by atoms with Gasteiger partial charge < -0.3 is 15.1 Å². The SMILES string of the molecule is CC(C)C(NC(=O)c1ccc(Cl)cc1)C(=O)N1CCN(C(=O)CCCc2ccccc2)CC1. The van der Waals surface area contributed by atoms with Gasteiger partial charge >= 0.3 is 0 Å². The highest BCUT2D eigenvalue weighted by molar-refractivity contribution is 6.30. The zero-order valence-electron chi connectivity index (χ0n) is 19.3. The molecule has 0 spiro atoms. The number of hydrogen-bond donors (Lipinski definition) is 1. The first-order chi connectivity index (χ1) is 15.8. The molecular weight excluding hydrogens is 438 g/mol. The fraction of sp³-hybridized carbons (Fsp3) is 0.423. The van der Waals surface area contributed by atoms with Crippen molar-refractivity contribution in [3.05, 3.63) is 70.7 Å². The largest absolute Gasteiger partial charge is 0.340 e. The summed E-state index contributed by atoms with van der Waals surface area (Å²) >= 11 is 5.89. The highest BCUT2D eigenvalue weighted by Gasteiger charge is 2.31. The first kappa shape index (κ1) is 24.8. The zero-order chi connectivity index (χ0) is 23.8. The third-order valence-corrected chi connectivity index (χ3v) is 6.22. The van der Waals surface area contributed by atoms with Crippen LogP contribution >= 0.6 is 11.6 Å². The molecule has 1 N–H and O–H groups in total. The van der Waals surface area contributed by atoms with Crippen molar-refractivity contribution in [2.24, 2.45) is 5.92 Å². The summed E-state index contributed by atoms with van der Waals surface area (Å²) in [6.45, 7) is 5.82. The number of rotatable bonds is 8. The number of carbonyl (C=O) groups is 3. The lowest BCUT2D eigenvalue weighted by Crippen LogP contribution is -2.57. The van der Waals surface area contributed by atoms with E-state index in [0.717, 1.165) is 12.8 Å². The summed E-state index contributed by atoms with van der Waals surface area (Å²) in [4.78, 5) is 42.0. The number of nitrogens with zero attached hydrogens (tertiary/aromatic N) is 2. The second-order valence-electron chi connectivity index (χ2n) is 8.75. The summed E-state index contributed by atoms with van der Waals surface area (Å²) in [5.41, 5.74) is 1.70. The molecule has 7 heteroatoms. The van der Waals surface area contributed by atoms with Crippen molar-refractivity contribution < 1.29 is 14.4 Å². The van der Waals surface area contributed by atoms with Gasteiger partial charge in [-0.3, -0.25) is 14.4 Å². The Morgan fingerprint density at radius 3 is 2.12 bits per heavy atom. The van der Waals surface area contributed by atoms with E-state index in [1.54, 1.807) is 29.2 Å². The third-order valence-electron chi connectivity index (χ3n) is 5.97. The second-order valence-corrected chi connectivity index (χ2v) is 9.18. The summed E-state index contributed by atoms with van der Waals surface area (Å²) < 4.78 is 0. The Labute approximate surface area is 200 Å². The molecule has 1 atom stereocenters. The van der Waals surface area contributed by atoms with Gasteiger partial charge in [0.25, 0.3) is 5.91 Å². The molecule has 1 saturated heterocycles. The van der Waals surface area contributed by atoms with E-state index in [1.165, 1.54) is 5.56 Å². The molecule has 1 aliphatic heterocycles. The number of halogens is 1. The van der Waals surface area contributed by atoms with Crippen molar-refractivity contribution in [2.75, 3.05) is 26.2 Å². The van der Waals surface area contributed by atoms with Crippen LogP contribution in [-0.2, 0) is 16.0 Å². The van der Waals surface area contributed by atoms with E-state index in [2.05, 4.69) is 17.4 Å². The average molecular weight is 470 g/mol. The topological polar surface area (TPSA) is 69.7 Å². The maximum absolute atomic E-state index is 13.2. The minimum Gasteiger partial charge on any atom is -0.340 e. The van der Waals surface area contributed by atoms with Crippen molar-refractivity contribution in [1.82, 2.24) is 15.1 Å². The van der Waals surface area contributed by atoms with E-state index in [4.69, 9.17) is 11.6 Å². The lowest BCUT2D eigenvalue weighted by atomic mass is 10.0. The monoisotopic (exact) mass is 469 g/mol. The Morgan fingerprint density at radius 1 is 0.909 bits per heavy atom. The van der Waals surface area contributed by atoms with E-state index < -0.39 is 6.04 Å². The lowest BCUT2D eigenvalue weighted by molar-refractivity contribution is -0.141. The quantitative estimate of drug-likeness (QED) is 0.639. The minimum absolute atomic E-state index is 0.0635. The zero-order valence-corrected chi connectivity index (χ0v) is 20.1. The van der Waals surface area contributed by atoms with E-state index in [0.29, 0.717) is 43.2 Å². The molecule has 1 unspecified atom stereocenters. The van der Waals surface area contributed by atoms with Crippen LogP contribution in [0.3, 0.4) is 0 Å². The number of amides is 3. The molecule has 0 aliphatic carbocycles. The van der Waals surface area contributed by atoms with Gasteiger partial charge in [-0.05, 0) is 48.6 Å². The van der Waals surface area contributed by atoms with Crippen molar-refractivity contribution >= 4 is 29.3 Å². The van der Waals surface area contributed by atoms with Crippen LogP contribution in [-0.4, -0.2) is 59.7 Å². The van der Waals surface area contributed by atoms with E-state index >= 15 is 0 Å². The maximum atomic E-state index is 13.2. The van der Waals surface area contributed by atoms with Crippen molar-refractivity contribution in [3.8, 4) is 0 Å². The number of nitrogens with one attached hydrogen (secondary N) is 1. The molecule has 176 valence electrons. The van der Waals surface area contributed by atoms with Crippen LogP contribution in [0.1, 0.15) is 42.6 Å². The van der Waals surface area contributed by atoms with Gasteiger partial charge in [0.15, 0.2) is 0 Å². The predicted molar refractivity (Wildman–Crippen MR) is 130 cm³/mol. The maximum Gasteiger partial charge on any atom is 0.251 e. The Hall–Kier alpha value is -2.86. The minimum atomic E-state index is -0.624. The number of benzene rings is 2. The number of aryl methyl sites for hydroxylation is 1. The molecule has 3 rings (SSSR count). The smallest absolute Gasteiger partial charge is 0.251 e. The Bertz CT molecular complexity index is 939. The summed E-state index contributed by atoms with van der Waals surface area (Å²) in [5.74, 6) is -0.338. The van der Waals surface area contributed by atoms with Gasteiger partial charge in [-0.15, -0.1) is 0 Å². The molecule has 2 aromatic carbocycles. The molecule has 0 saturated carbocycles. The molecular formula is C26H32ClN3O3. The predicted octanol–water partition coefficient (Wildman–Crippen LogP) is 3.79. The average Bonchev–Trinajstić information content (AvgIpc) is 2.83. The van der Waals surface area contributed by atoms with Crippen LogP contribution in [0, 0.1) is 5.92 Å². The van der Waals surface area contributed by atoms with Crippen molar-refractivity contribution in [2.45, 2.75) is 39.2 Å². The summed E-state index contributed by atoms with van der Waals surface area (Å²) in [7, 11) is 0. The normalized spacial score (nSPS) is 14.8. The van der Waals surface area contributed by atoms with Crippen LogP contribution in [0.25, 0.3) is 0 Å². The molecule has 0 radical (unpaired) electrons. The van der Waals surface area contributed by atoms with Gasteiger partial charge in [-0.25, -0.2) is 0 Å². The lowest BCUT2D eigenvalue weighted by Gasteiger charge is -2.37. The Kier molecular flexibility index (Phi) is 8.89. The molecule has 0 bridgehead atoms.